The third-order valence-electron chi connectivity index (χ3n) is 4.80. The van der Waals surface area contributed by atoms with Gasteiger partial charge in [0.2, 0.25) is 5.88 Å². The molecule has 1 atom stereocenters. The largest absolute Gasteiger partial charge is 0.481 e. The van der Waals surface area contributed by atoms with Crippen LogP contribution in [0.4, 0.5) is 5.82 Å². The van der Waals surface area contributed by atoms with Crippen LogP contribution in [0.1, 0.15) is 18.4 Å². The Bertz CT molecular complexity index is 706. The van der Waals surface area contributed by atoms with Crippen LogP contribution in [0.25, 0.3) is 0 Å². The van der Waals surface area contributed by atoms with E-state index < -0.39 is 0 Å². The van der Waals surface area contributed by atoms with Crippen LogP contribution in [0.15, 0.2) is 36.9 Å². The summed E-state index contributed by atoms with van der Waals surface area (Å²) in [4.78, 5) is 14.6. The van der Waals surface area contributed by atoms with Crippen LogP contribution < -0.4 is 9.64 Å². The quantitative estimate of drug-likeness (QED) is 0.821. The number of anilines is 1. The molecular formula is C18H22N4O3. The second kappa shape index (κ2) is 6.93. The molecular weight excluding hydrogens is 320 g/mol. The molecule has 7 heteroatoms. The van der Waals surface area contributed by atoms with Crippen LogP contribution in [0.3, 0.4) is 0 Å². The highest BCUT2D eigenvalue weighted by atomic mass is 16.5. The molecule has 0 aromatic carbocycles. The van der Waals surface area contributed by atoms with Crippen LogP contribution in [-0.2, 0) is 16.1 Å². The molecule has 0 N–H and O–H groups in total. The van der Waals surface area contributed by atoms with Crippen LogP contribution in [0, 0.1) is 0 Å². The third-order valence-corrected chi connectivity index (χ3v) is 4.80. The maximum Gasteiger partial charge on any atom is 0.218 e. The van der Waals surface area contributed by atoms with Gasteiger partial charge in [-0.25, -0.2) is 9.97 Å². The second-order valence-corrected chi connectivity index (χ2v) is 6.59. The Morgan fingerprint density at radius 2 is 2.12 bits per heavy atom. The summed E-state index contributed by atoms with van der Waals surface area (Å²) in [7, 11) is 1.61. The lowest BCUT2D eigenvalue weighted by molar-refractivity contribution is -0.148. The number of nitrogens with zero attached hydrogens (tertiary/aromatic N) is 4. The Morgan fingerprint density at radius 1 is 1.28 bits per heavy atom. The van der Waals surface area contributed by atoms with E-state index in [9.17, 15) is 0 Å². The molecule has 7 nitrogen and oxygen atoms in total. The first-order valence-electron chi connectivity index (χ1n) is 8.52. The van der Waals surface area contributed by atoms with Gasteiger partial charge in [0, 0.05) is 31.5 Å². The Hall–Kier alpha value is -2.25. The van der Waals surface area contributed by atoms with Gasteiger partial charge in [-0.2, -0.15) is 0 Å². The Labute approximate surface area is 147 Å². The number of pyridine rings is 1. The molecule has 2 aromatic rings. The molecule has 2 aromatic heterocycles. The fourth-order valence-corrected chi connectivity index (χ4v) is 3.46. The monoisotopic (exact) mass is 342 g/mol. The summed E-state index contributed by atoms with van der Waals surface area (Å²) < 4.78 is 17.4. The van der Waals surface area contributed by atoms with Crippen LogP contribution >= 0.6 is 0 Å². The van der Waals surface area contributed by atoms with Crippen molar-refractivity contribution in [3.05, 3.63) is 42.5 Å². The topological polar surface area (TPSA) is 69.6 Å². The molecule has 0 bridgehead atoms. The van der Waals surface area contributed by atoms with Gasteiger partial charge < -0.3 is 19.1 Å². The van der Waals surface area contributed by atoms with Crippen LogP contribution in [-0.4, -0.2) is 53.5 Å². The average molecular weight is 342 g/mol. The zero-order valence-corrected chi connectivity index (χ0v) is 14.3. The summed E-state index contributed by atoms with van der Waals surface area (Å²) >= 11 is 0. The number of aromatic nitrogens is 3. The van der Waals surface area contributed by atoms with E-state index in [-0.39, 0.29) is 11.7 Å². The van der Waals surface area contributed by atoms with Crippen LogP contribution in [0.5, 0.6) is 5.88 Å². The highest BCUT2D eigenvalue weighted by Crippen LogP contribution is 2.37. The van der Waals surface area contributed by atoms with E-state index in [1.807, 2.05) is 18.2 Å². The van der Waals surface area contributed by atoms with Gasteiger partial charge in [0.1, 0.15) is 17.7 Å². The molecule has 1 unspecified atom stereocenters. The lowest BCUT2D eigenvalue weighted by Gasteiger charge is -2.53. The maximum absolute atomic E-state index is 6.11. The number of methoxy groups -OCH3 is 1. The summed E-state index contributed by atoms with van der Waals surface area (Å²) in [5, 5.41) is 0. The van der Waals surface area contributed by atoms with E-state index in [2.05, 4.69) is 19.9 Å². The molecule has 2 aliphatic heterocycles. The van der Waals surface area contributed by atoms with Crippen molar-refractivity contribution in [3.63, 3.8) is 0 Å². The molecule has 1 spiro atoms. The van der Waals surface area contributed by atoms with E-state index in [0.717, 1.165) is 43.9 Å². The average Bonchev–Trinajstić information content (AvgIpc) is 2.65. The molecule has 4 rings (SSSR count). The van der Waals surface area contributed by atoms with Crippen molar-refractivity contribution in [2.75, 3.05) is 31.7 Å². The predicted octanol–water partition coefficient (Wildman–Crippen LogP) is 1.83. The minimum Gasteiger partial charge on any atom is -0.481 e. The number of hydrogen-bond acceptors (Lipinski definition) is 7. The molecule has 0 amide bonds. The SMILES string of the molecule is COc1cc(N2CC3(CC(OCc4ccncc4)CCO3)C2)ncn1. The van der Waals surface area contributed by atoms with E-state index >= 15 is 0 Å². The van der Waals surface area contributed by atoms with Gasteiger partial charge in [-0.05, 0) is 24.1 Å². The summed E-state index contributed by atoms with van der Waals surface area (Å²) in [6.07, 6.45) is 7.20. The van der Waals surface area contributed by atoms with Crippen molar-refractivity contribution in [1.82, 2.24) is 15.0 Å². The Morgan fingerprint density at radius 3 is 2.92 bits per heavy atom. The minimum absolute atomic E-state index is 0.126. The zero-order chi connectivity index (χ0) is 17.1. The molecule has 132 valence electrons. The van der Waals surface area contributed by atoms with Crippen molar-refractivity contribution in [2.24, 2.45) is 0 Å². The normalized spacial score (nSPS) is 21.8. The smallest absolute Gasteiger partial charge is 0.218 e. The van der Waals surface area contributed by atoms with Gasteiger partial charge in [-0.1, -0.05) is 0 Å². The van der Waals surface area contributed by atoms with E-state index in [1.165, 1.54) is 6.33 Å². The number of rotatable bonds is 5. The first-order valence-corrected chi connectivity index (χ1v) is 8.52. The standard InChI is InChI=1S/C18H22N4O3/c1-23-17-8-16(20-13-21-17)22-11-18(12-22)9-15(4-7-25-18)24-10-14-2-5-19-6-3-14/h2-3,5-6,8,13,15H,4,7,9-12H2,1H3. The van der Waals surface area contributed by atoms with E-state index in [0.29, 0.717) is 12.5 Å². The fraction of sp³-hybridized carbons (Fsp3) is 0.500. The first-order chi connectivity index (χ1) is 12.3. The molecule has 0 saturated carbocycles. The van der Waals surface area contributed by atoms with Gasteiger partial charge in [-0.3, -0.25) is 4.98 Å². The predicted molar refractivity (Wildman–Crippen MR) is 91.5 cm³/mol. The van der Waals surface area contributed by atoms with Crippen molar-refractivity contribution < 1.29 is 14.2 Å². The molecule has 2 fully saturated rings. The van der Waals surface area contributed by atoms with E-state index in [4.69, 9.17) is 14.2 Å². The highest BCUT2D eigenvalue weighted by molar-refractivity contribution is 5.45. The molecule has 0 aliphatic carbocycles. The Balaban J connectivity index is 1.33. The lowest BCUT2D eigenvalue weighted by Crippen LogP contribution is -2.66. The zero-order valence-electron chi connectivity index (χ0n) is 14.3. The second-order valence-electron chi connectivity index (χ2n) is 6.59. The Kier molecular flexibility index (Phi) is 4.50. The van der Waals surface area contributed by atoms with Crippen molar-refractivity contribution in [2.45, 2.75) is 31.2 Å². The van der Waals surface area contributed by atoms with Crippen molar-refractivity contribution in [3.8, 4) is 5.88 Å². The summed E-state index contributed by atoms with van der Waals surface area (Å²) in [5.41, 5.74) is 1.03. The molecule has 2 saturated heterocycles. The van der Waals surface area contributed by atoms with Gasteiger partial charge in [0.05, 0.1) is 32.9 Å². The molecule has 4 heterocycles. The van der Waals surface area contributed by atoms with Gasteiger partial charge in [0.25, 0.3) is 0 Å². The van der Waals surface area contributed by atoms with Gasteiger partial charge in [0.15, 0.2) is 0 Å². The van der Waals surface area contributed by atoms with Crippen molar-refractivity contribution in [1.29, 1.82) is 0 Å². The maximum atomic E-state index is 6.11. The summed E-state index contributed by atoms with van der Waals surface area (Å²) in [5.74, 6) is 1.45. The number of hydrogen-bond donors (Lipinski definition) is 0. The lowest BCUT2D eigenvalue weighted by atomic mass is 9.84. The minimum atomic E-state index is -0.126. The van der Waals surface area contributed by atoms with Crippen LogP contribution in [0.2, 0.25) is 0 Å². The van der Waals surface area contributed by atoms with Gasteiger partial charge >= 0.3 is 0 Å². The molecule has 25 heavy (non-hydrogen) atoms. The third kappa shape index (κ3) is 3.57. The summed E-state index contributed by atoms with van der Waals surface area (Å²) in [6.45, 7) is 3.00. The van der Waals surface area contributed by atoms with Crippen molar-refractivity contribution >= 4 is 5.82 Å². The fourth-order valence-electron chi connectivity index (χ4n) is 3.46. The van der Waals surface area contributed by atoms with Gasteiger partial charge in [-0.15, -0.1) is 0 Å². The number of ether oxygens (including phenoxy) is 3. The summed E-state index contributed by atoms with van der Waals surface area (Å²) in [6, 6.07) is 5.83. The molecule has 0 radical (unpaired) electrons. The van der Waals surface area contributed by atoms with E-state index in [1.54, 1.807) is 19.5 Å². The molecule has 2 aliphatic rings. The highest BCUT2D eigenvalue weighted by Gasteiger charge is 2.48. The first kappa shape index (κ1) is 16.2.